The number of carbonyl (C=O) groups is 3. The van der Waals surface area contributed by atoms with Gasteiger partial charge in [0.25, 0.3) is 0 Å². The fourth-order valence-electron chi connectivity index (χ4n) is 10.4. The standard InChI is InChI=1S/C75H134O6/c1-4-7-10-13-16-19-22-25-28-31-34-35-36-37-38-39-40-41-42-45-47-50-53-56-59-62-65-68-74(77)80-71-72(81-75(78)69-66-63-60-57-54-51-48-44-33-30-27-24-21-18-15-12-9-6-3)70-79-73(76)67-64-61-58-55-52-49-46-43-32-29-26-23-20-17-14-11-8-5-2/h7,10,16,19,21,24-25,28,30,33-35,72H,4-6,8-9,11-15,17-18,20,22-23,26-27,29,31-32,36-71H2,1-3H3/b10-7-,19-16-,24-21-,28-25-,33-30-,35-34-. The minimum atomic E-state index is -0.779. The molecule has 0 radical (unpaired) electrons. The fourth-order valence-corrected chi connectivity index (χ4v) is 10.4. The number of rotatable bonds is 65. The lowest BCUT2D eigenvalue weighted by atomic mass is 10.0. The molecule has 6 heteroatoms. The molecule has 470 valence electrons. The predicted octanol–water partition coefficient (Wildman–Crippen LogP) is 24.4. The van der Waals surface area contributed by atoms with Crippen molar-refractivity contribution >= 4 is 17.9 Å². The van der Waals surface area contributed by atoms with Crippen LogP contribution in [0.1, 0.15) is 367 Å². The second-order valence-corrected chi connectivity index (χ2v) is 23.8. The third-order valence-corrected chi connectivity index (χ3v) is 15.7. The van der Waals surface area contributed by atoms with E-state index in [1.807, 2.05) is 0 Å². The zero-order chi connectivity index (χ0) is 58.5. The molecule has 6 nitrogen and oxygen atoms in total. The number of allylic oxidation sites excluding steroid dienone is 12. The van der Waals surface area contributed by atoms with Crippen molar-refractivity contribution in [2.75, 3.05) is 13.2 Å². The van der Waals surface area contributed by atoms with E-state index in [1.54, 1.807) is 0 Å². The van der Waals surface area contributed by atoms with Crippen LogP contribution in [0.25, 0.3) is 0 Å². The molecule has 0 bridgehead atoms. The Kier molecular flexibility index (Phi) is 66.6. The van der Waals surface area contributed by atoms with Crippen LogP contribution in [0.5, 0.6) is 0 Å². The Morgan fingerprint density at radius 3 is 0.765 bits per heavy atom. The number of hydrogen-bond acceptors (Lipinski definition) is 6. The van der Waals surface area contributed by atoms with Crippen molar-refractivity contribution in [3.8, 4) is 0 Å². The quantitative estimate of drug-likeness (QED) is 0.0261. The lowest BCUT2D eigenvalue weighted by Gasteiger charge is -2.18. The minimum Gasteiger partial charge on any atom is -0.462 e. The van der Waals surface area contributed by atoms with Gasteiger partial charge in [0, 0.05) is 19.3 Å². The van der Waals surface area contributed by atoms with Crippen LogP contribution in [0, 0.1) is 0 Å². The van der Waals surface area contributed by atoms with Gasteiger partial charge < -0.3 is 14.2 Å². The van der Waals surface area contributed by atoms with E-state index in [1.165, 1.54) is 231 Å². The van der Waals surface area contributed by atoms with Gasteiger partial charge in [-0.05, 0) is 89.9 Å². The van der Waals surface area contributed by atoms with Crippen molar-refractivity contribution in [3.05, 3.63) is 72.9 Å². The van der Waals surface area contributed by atoms with E-state index in [9.17, 15) is 14.4 Å². The van der Waals surface area contributed by atoms with E-state index in [0.717, 1.165) is 96.3 Å². The summed E-state index contributed by atoms with van der Waals surface area (Å²) in [6.45, 7) is 6.57. The van der Waals surface area contributed by atoms with Crippen LogP contribution < -0.4 is 0 Å². The molecule has 0 saturated heterocycles. The molecule has 1 atom stereocenters. The van der Waals surface area contributed by atoms with Crippen molar-refractivity contribution < 1.29 is 28.6 Å². The molecule has 0 fully saturated rings. The van der Waals surface area contributed by atoms with Crippen LogP contribution in [-0.2, 0) is 28.6 Å². The average Bonchev–Trinajstić information content (AvgIpc) is 3.47. The Morgan fingerprint density at radius 1 is 0.259 bits per heavy atom. The molecular formula is C75H134O6. The maximum absolute atomic E-state index is 13.0. The predicted molar refractivity (Wildman–Crippen MR) is 353 cm³/mol. The topological polar surface area (TPSA) is 78.9 Å². The highest BCUT2D eigenvalue weighted by molar-refractivity contribution is 5.71. The average molecular weight is 1130 g/mol. The van der Waals surface area contributed by atoms with Gasteiger partial charge in [0.15, 0.2) is 6.10 Å². The number of ether oxygens (including phenoxy) is 3. The van der Waals surface area contributed by atoms with E-state index in [2.05, 4.69) is 93.7 Å². The van der Waals surface area contributed by atoms with E-state index < -0.39 is 6.10 Å². The van der Waals surface area contributed by atoms with Crippen molar-refractivity contribution in [3.63, 3.8) is 0 Å². The van der Waals surface area contributed by atoms with Gasteiger partial charge in [-0.1, -0.05) is 331 Å². The summed E-state index contributed by atoms with van der Waals surface area (Å²) in [5.74, 6) is -0.858. The molecule has 0 saturated carbocycles. The third kappa shape index (κ3) is 67.5. The monoisotopic (exact) mass is 1130 g/mol. The number of esters is 3. The van der Waals surface area contributed by atoms with Gasteiger partial charge in [0.2, 0.25) is 0 Å². The highest BCUT2D eigenvalue weighted by Gasteiger charge is 2.19. The number of hydrogen-bond donors (Lipinski definition) is 0. The van der Waals surface area contributed by atoms with Gasteiger partial charge >= 0.3 is 17.9 Å². The first-order valence-corrected chi connectivity index (χ1v) is 35.4. The third-order valence-electron chi connectivity index (χ3n) is 15.7. The Morgan fingerprint density at radius 2 is 0.481 bits per heavy atom. The van der Waals surface area contributed by atoms with Crippen LogP contribution >= 0.6 is 0 Å². The molecule has 0 aromatic heterocycles. The summed E-state index contributed by atoms with van der Waals surface area (Å²) < 4.78 is 17.0. The van der Waals surface area contributed by atoms with E-state index in [4.69, 9.17) is 14.2 Å². The summed E-state index contributed by atoms with van der Waals surface area (Å²) in [7, 11) is 0. The summed E-state index contributed by atoms with van der Waals surface area (Å²) in [4.78, 5) is 38.5. The van der Waals surface area contributed by atoms with E-state index >= 15 is 0 Å². The van der Waals surface area contributed by atoms with Crippen molar-refractivity contribution in [1.29, 1.82) is 0 Å². The SMILES string of the molecule is CC/C=C\C/C=C\C/C=C\C/C=C\CCCCCCCCCCCCCCCCC(=O)OCC(COC(=O)CCCCCCCCCCCCCCCCCCCC)OC(=O)CCCCCCCCC/C=C\C/C=C\CCCCCC. The zero-order valence-electron chi connectivity index (χ0n) is 54.1. The summed E-state index contributed by atoms with van der Waals surface area (Å²) in [6.07, 6.45) is 90.6. The maximum atomic E-state index is 13.0. The smallest absolute Gasteiger partial charge is 0.306 e. The first-order valence-electron chi connectivity index (χ1n) is 35.4. The second kappa shape index (κ2) is 69.3. The Hall–Kier alpha value is -3.15. The fraction of sp³-hybridized carbons (Fsp3) is 0.800. The number of carbonyl (C=O) groups excluding carboxylic acids is 3. The summed E-state index contributed by atoms with van der Waals surface area (Å²) >= 11 is 0. The molecular weight excluding hydrogens is 997 g/mol. The largest absolute Gasteiger partial charge is 0.462 e. The molecule has 0 spiro atoms. The Labute approximate surface area is 503 Å². The zero-order valence-corrected chi connectivity index (χ0v) is 54.1. The van der Waals surface area contributed by atoms with Crippen molar-refractivity contribution in [2.24, 2.45) is 0 Å². The summed E-state index contributed by atoms with van der Waals surface area (Å²) in [5, 5.41) is 0. The van der Waals surface area contributed by atoms with Crippen molar-refractivity contribution in [1.82, 2.24) is 0 Å². The van der Waals surface area contributed by atoms with Crippen LogP contribution in [0.3, 0.4) is 0 Å². The molecule has 81 heavy (non-hydrogen) atoms. The first kappa shape index (κ1) is 77.9. The second-order valence-electron chi connectivity index (χ2n) is 23.8. The number of unbranched alkanes of at least 4 members (excludes halogenated alkanes) is 42. The van der Waals surface area contributed by atoms with Crippen LogP contribution in [0.15, 0.2) is 72.9 Å². The van der Waals surface area contributed by atoms with Crippen LogP contribution in [0.4, 0.5) is 0 Å². The highest BCUT2D eigenvalue weighted by Crippen LogP contribution is 2.18. The molecule has 0 aliphatic carbocycles. The van der Waals surface area contributed by atoms with Crippen molar-refractivity contribution in [2.45, 2.75) is 374 Å². The lowest BCUT2D eigenvalue weighted by molar-refractivity contribution is -0.167. The van der Waals surface area contributed by atoms with Gasteiger partial charge in [0.1, 0.15) is 13.2 Å². The summed E-state index contributed by atoms with van der Waals surface area (Å²) in [6, 6.07) is 0. The van der Waals surface area contributed by atoms with E-state index in [-0.39, 0.29) is 31.1 Å². The molecule has 1 unspecified atom stereocenters. The minimum absolute atomic E-state index is 0.0737. The maximum Gasteiger partial charge on any atom is 0.306 e. The molecule has 0 rings (SSSR count). The van der Waals surface area contributed by atoms with E-state index in [0.29, 0.717) is 19.3 Å². The lowest BCUT2D eigenvalue weighted by Crippen LogP contribution is -2.30. The summed E-state index contributed by atoms with van der Waals surface area (Å²) in [5.41, 5.74) is 0. The molecule has 0 N–H and O–H groups in total. The van der Waals surface area contributed by atoms with Gasteiger partial charge in [0.05, 0.1) is 0 Å². The van der Waals surface area contributed by atoms with Crippen LogP contribution in [0.2, 0.25) is 0 Å². The molecule has 0 aromatic carbocycles. The molecule has 0 heterocycles. The van der Waals surface area contributed by atoms with Crippen LogP contribution in [-0.4, -0.2) is 37.2 Å². The first-order chi connectivity index (χ1) is 40.0. The Bertz CT molecular complexity index is 1490. The molecule has 0 aliphatic heterocycles. The van der Waals surface area contributed by atoms with Gasteiger partial charge in [-0.3, -0.25) is 14.4 Å². The Balaban J connectivity index is 4.30. The molecule has 0 aliphatic rings. The molecule has 0 aromatic rings. The van der Waals surface area contributed by atoms with Gasteiger partial charge in [-0.15, -0.1) is 0 Å². The highest BCUT2D eigenvalue weighted by atomic mass is 16.6. The van der Waals surface area contributed by atoms with Gasteiger partial charge in [-0.25, -0.2) is 0 Å². The normalized spacial score (nSPS) is 12.5. The van der Waals surface area contributed by atoms with Gasteiger partial charge in [-0.2, -0.15) is 0 Å². The molecule has 0 amide bonds.